The molecule has 3 heterocycles. The van der Waals surface area contributed by atoms with Gasteiger partial charge in [0.25, 0.3) is 5.56 Å². The molecule has 0 atom stereocenters. The maximum Gasteiger partial charge on any atom is 0.289 e. The van der Waals surface area contributed by atoms with Crippen LogP contribution in [0.4, 0.5) is 5.69 Å². The van der Waals surface area contributed by atoms with Crippen LogP contribution in [0.1, 0.15) is 16.7 Å². The number of hydrogen-bond donors (Lipinski definition) is 1. The Morgan fingerprint density at radius 1 is 1.36 bits per heavy atom. The number of benzene rings is 1. The van der Waals surface area contributed by atoms with E-state index in [4.69, 9.17) is 0 Å². The number of H-pyrrole nitrogens is 1. The van der Waals surface area contributed by atoms with Crippen molar-refractivity contribution in [2.24, 2.45) is 5.10 Å². The second-order valence-electron chi connectivity index (χ2n) is 6.07. The van der Waals surface area contributed by atoms with Crippen LogP contribution in [0, 0.1) is 18.3 Å². The summed E-state index contributed by atoms with van der Waals surface area (Å²) in [5.41, 5.74) is 3.07. The van der Waals surface area contributed by atoms with Crippen molar-refractivity contribution in [3.05, 3.63) is 63.7 Å². The lowest BCUT2D eigenvalue weighted by Gasteiger charge is -2.23. The monoisotopic (exact) mass is 409 g/mol. The quantitative estimate of drug-likeness (QED) is 0.709. The van der Waals surface area contributed by atoms with Gasteiger partial charge in [0.15, 0.2) is 10.2 Å². The van der Waals surface area contributed by atoms with E-state index in [-0.39, 0.29) is 5.56 Å². The summed E-state index contributed by atoms with van der Waals surface area (Å²) in [4.78, 5) is 13.5. The van der Waals surface area contributed by atoms with E-state index >= 15 is 0 Å². The number of rotatable bonds is 3. The van der Waals surface area contributed by atoms with Crippen molar-refractivity contribution < 1.29 is 0 Å². The highest BCUT2D eigenvalue weighted by Gasteiger charge is 2.24. The SMILES string of the molecule is Cc1ccc(CSC2=NN(C)c3cnn(-c4ccn[nH]4)c(=O)c3S2)c(C#N)c1. The number of anilines is 1. The first-order chi connectivity index (χ1) is 13.6. The predicted octanol–water partition coefficient (Wildman–Crippen LogP) is 2.88. The molecule has 10 heteroatoms. The van der Waals surface area contributed by atoms with Crippen LogP contribution in [0.5, 0.6) is 0 Å². The third kappa shape index (κ3) is 3.42. The number of nitrogens with one attached hydrogen (secondary N) is 1. The molecule has 1 aliphatic rings. The van der Waals surface area contributed by atoms with Crippen molar-refractivity contribution in [2.75, 3.05) is 12.1 Å². The molecular formula is C18H15N7OS2. The number of aryl methyl sites for hydroxylation is 1. The number of hydrazone groups is 1. The first-order valence-electron chi connectivity index (χ1n) is 8.31. The van der Waals surface area contributed by atoms with Gasteiger partial charge in [-0.1, -0.05) is 35.7 Å². The van der Waals surface area contributed by atoms with Gasteiger partial charge in [0.1, 0.15) is 4.90 Å². The lowest BCUT2D eigenvalue weighted by atomic mass is 10.1. The Labute approximate surface area is 169 Å². The van der Waals surface area contributed by atoms with E-state index in [2.05, 4.69) is 26.5 Å². The van der Waals surface area contributed by atoms with Crippen LogP contribution in [0.25, 0.3) is 5.82 Å². The largest absolute Gasteiger partial charge is 0.289 e. The molecule has 2 aromatic heterocycles. The third-order valence-electron chi connectivity index (χ3n) is 4.14. The molecule has 0 saturated heterocycles. The molecule has 0 amide bonds. The summed E-state index contributed by atoms with van der Waals surface area (Å²) in [5, 5.41) is 26.3. The summed E-state index contributed by atoms with van der Waals surface area (Å²) in [7, 11) is 1.79. The van der Waals surface area contributed by atoms with E-state index < -0.39 is 0 Å². The number of aromatic nitrogens is 4. The molecule has 28 heavy (non-hydrogen) atoms. The summed E-state index contributed by atoms with van der Waals surface area (Å²) >= 11 is 2.81. The van der Waals surface area contributed by atoms with Crippen molar-refractivity contribution >= 4 is 33.6 Å². The summed E-state index contributed by atoms with van der Waals surface area (Å²) in [6.07, 6.45) is 3.18. The molecule has 0 unspecified atom stereocenters. The Balaban J connectivity index is 1.59. The maximum atomic E-state index is 12.9. The van der Waals surface area contributed by atoms with Gasteiger partial charge in [0, 0.05) is 18.9 Å². The highest BCUT2D eigenvalue weighted by atomic mass is 32.2. The molecule has 1 aromatic carbocycles. The average molecular weight is 410 g/mol. The minimum atomic E-state index is -0.236. The Morgan fingerprint density at radius 2 is 2.21 bits per heavy atom. The van der Waals surface area contributed by atoms with Crippen LogP contribution in [-0.2, 0) is 5.75 Å². The summed E-state index contributed by atoms with van der Waals surface area (Å²) < 4.78 is 2.02. The Bertz CT molecular complexity index is 1160. The minimum absolute atomic E-state index is 0.236. The molecule has 140 valence electrons. The molecule has 0 fully saturated rings. The van der Waals surface area contributed by atoms with E-state index in [1.165, 1.54) is 28.2 Å². The zero-order valence-corrected chi connectivity index (χ0v) is 16.7. The van der Waals surface area contributed by atoms with Crippen LogP contribution in [0.2, 0.25) is 0 Å². The number of nitrogens with zero attached hydrogens (tertiary/aromatic N) is 6. The van der Waals surface area contributed by atoms with Gasteiger partial charge in [0.05, 0.1) is 29.7 Å². The van der Waals surface area contributed by atoms with Crippen LogP contribution in [-0.4, -0.2) is 31.4 Å². The van der Waals surface area contributed by atoms with Gasteiger partial charge in [-0.05, 0) is 24.1 Å². The number of hydrogen-bond acceptors (Lipinski definition) is 8. The molecule has 1 N–H and O–H groups in total. The predicted molar refractivity (Wildman–Crippen MR) is 111 cm³/mol. The fourth-order valence-corrected chi connectivity index (χ4v) is 4.87. The van der Waals surface area contributed by atoms with Gasteiger partial charge >= 0.3 is 0 Å². The molecule has 0 bridgehead atoms. The minimum Gasteiger partial charge on any atom is -0.266 e. The van der Waals surface area contributed by atoms with E-state index in [0.29, 0.717) is 27.7 Å². The zero-order chi connectivity index (χ0) is 19.7. The molecule has 4 rings (SSSR count). The Kier molecular flexibility index (Phi) is 4.93. The maximum absolute atomic E-state index is 12.9. The van der Waals surface area contributed by atoms with Crippen molar-refractivity contribution in [2.45, 2.75) is 17.6 Å². The molecule has 0 saturated carbocycles. The third-order valence-corrected chi connectivity index (χ3v) is 6.37. The van der Waals surface area contributed by atoms with Crippen LogP contribution < -0.4 is 10.6 Å². The Morgan fingerprint density at radius 3 is 2.96 bits per heavy atom. The van der Waals surface area contributed by atoms with E-state index in [1.54, 1.807) is 30.5 Å². The van der Waals surface area contributed by atoms with Crippen LogP contribution in [0.15, 0.2) is 51.5 Å². The molecule has 0 radical (unpaired) electrons. The van der Waals surface area contributed by atoms with Gasteiger partial charge in [-0.2, -0.15) is 25.2 Å². The number of thioether (sulfide) groups is 2. The molecule has 8 nitrogen and oxygen atoms in total. The second-order valence-corrected chi connectivity index (χ2v) is 8.29. The van der Waals surface area contributed by atoms with E-state index in [9.17, 15) is 10.1 Å². The molecular weight excluding hydrogens is 394 g/mol. The highest BCUT2D eigenvalue weighted by Crippen LogP contribution is 2.36. The first-order valence-corrected chi connectivity index (χ1v) is 10.1. The zero-order valence-electron chi connectivity index (χ0n) is 15.1. The van der Waals surface area contributed by atoms with Gasteiger partial charge < -0.3 is 0 Å². The molecule has 3 aromatic rings. The summed E-state index contributed by atoms with van der Waals surface area (Å²) in [6, 6.07) is 9.75. The molecule has 0 spiro atoms. The van der Waals surface area contributed by atoms with Crippen molar-refractivity contribution in [3.8, 4) is 11.9 Å². The standard InChI is InChI=1S/C18H15N7OS2/c1-11-3-4-12(13(7-11)8-19)10-27-18-23-24(2)14-9-21-25(15-5-6-20-22-15)17(26)16(14)28-18/h3-7,9H,10H2,1-2H3,(H,20,22). The molecule has 1 aliphatic heterocycles. The van der Waals surface area contributed by atoms with Crippen molar-refractivity contribution in [1.82, 2.24) is 20.0 Å². The second kappa shape index (κ2) is 7.53. The first kappa shape index (κ1) is 18.3. The number of nitriles is 1. The van der Waals surface area contributed by atoms with E-state index in [1.807, 2.05) is 25.1 Å². The average Bonchev–Trinajstić information content (AvgIpc) is 3.22. The van der Waals surface area contributed by atoms with Gasteiger partial charge in [0.2, 0.25) is 0 Å². The topological polar surface area (TPSA) is 103 Å². The Hall–Kier alpha value is -3.03. The van der Waals surface area contributed by atoms with Crippen LogP contribution in [0.3, 0.4) is 0 Å². The van der Waals surface area contributed by atoms with Gasteiger partial charge in [-0.3, -0.25) is 14.9 Å². The number of aromatic amines is 1. The fourth-order valence-electron chi connectivity index (χ4n) is 2.70. The number of fused-ring (bicyclic) bond motifs is 1. The lowest BCUT2D eigenvalue weighted by Crippen LogP contribution is -2.28. The highest BCUT2D eigenvalue weighted by molar-refractivity contribution is 8.38. The van der Waals surface area contributed by atoms with E-state index in [0.717, 1.165) is 15.5 Å². The fraction of sp³-hybridized carbons (Fsp3) is 0.167. The van der Waals surface area contributed by atoms with Crippen LogP contribution >= 0.6 is 23.5 Å². The molecule has 0 aliphatic carbocycles. The van der Waals surface area contributed by atoms with Gasteiger partial charge in [-0.15, -0.1) is 0 Å². The smallest absolute Gasteiger partial charge is 0.266 e. The summed E-state index contributed by atoms with van der Waals surface area (Å²) in [5.74, 6) is 1.10. The van der Waals surface area contributed by atoms with Crippen molar-refractivity contribution in [1.29, 1.82) is 5.26 Å². The lowest BCUT2D eigenvalue weighted by molar-refractivity contribution is 0.747. The summed E-state index contributed by atoms with van der Waals surface area (Å²) in [6.45, 7) is 1.96. The normalized spacial score (nSPS) is 13.0. The van der Waals surface area contributed by atoms with Gasteiger partial charge in [-0.25, -0.2) is 0 Å². The van der Waals surface area contributed by atoms with Crippen molar-refractivity contribution in [3.63, 3.8) is 0 Å².